The predicted octanol–water partition coefficient (Wildman–Crippen LogP) is 6.50. The second-order valence-corrected chi connectivity index (χ2v) is 10.7. The van der Waals surface area contributed by atoms with Crippen LogP contribution in [0.3, 0.4) is 0 Å². The third-order valence-corrected chi connectivity index (χ3v) is 7.00. The van der Waals surface area contributed by atoms with E-state index in [1.807, 2.05) is 0 Å². The van der Waals surface area contributed by atoms with Crippen LogP contribution in [0.1, 0.15) is 63.6 Å². The van der Waals surface area contributed by atoms with Crippen LogP contribution in [-0.2, 0) is 22.4 Å². The van der Waals surface area contributed by atoms with Crippen molar-refractivity contribution in [1.82, 2.24) is 10.2 Å². The van der Waals surface area contributed by atoms with Gasteiger partial charge in [-0.2, -0.15) is 26.3 Å². The standard InChI is InChI=1S/C29H33F7N2O5/c1-5-8-18-15-20(27(41,28(31,32)33)29(34,35)36)10-11-22(18)42-14-7-6-13-38-24(39)26(4,37-25(38)40)19-9-12-23(21(30)16-19)43-17(2)3/h9-12,15-17,41H,5-8,13-14H2,1-4H3,(H,37,40). The second-order valence-electron chi connectivity index (χ2n) is 10.7. The Morgan fingerprint density at radius 3 is 2.16 bits per heavy atom. The van der Waals surface area contributed by atoms with Gasteiger partial charge in [0.2, 0.25) is 0 Å². The van der Waals surface area contributed by atoms with E-state index in [9.17, 15) is 45.4 Å². The van der Waals surface area contributed by atoms with E-state index in [0.717, 1.165) is 17.0 Å². The molecule has 14 heteroatoms. The quantitative estimate of drug-likeness (QED) is 0.160. The van der Waals surface area contributed by atoms with E-state index in [1.165, 1.54) is 19.1 Å². The Hall–Kier alpha value is -3.55. The topological polar surface area (TPSA) is 88.1 Å². The summed E-state index contributed by atoms with van der Waals surface area (Å²) in [5, 5.41) is 12.3. The number of amides is 3. The van der Waals surface area contributed by atoms with Crippen LogP contribution in [0.4, 0.5) is 35.5 Å². The van der Waals surface area contributed by atoms with Crippen LogP contribution in [0.5, 0.6) is 11.5 Å². The first kappa shape index (κ1) is 33.9. The molecule has 1 heterocycles. The van der Waals surface area contributed by atoms with E-state index in [2.05, 4.69) is 5.32 Å². The molecule has 0 aliphatic carbocycles. The monoisotopic (exact) mass is 622 g/mol. The van der Waals surface area contributed by atoms with Gasteiger partial charge in [0.15, 0.2) is 11.6 Å². The third kappa shape index (κ3) is 6.84. The Kier molecular flexibility index (Phi) is 9.94. The summed E-state index contributed by atoms with van der Waals surface area (Å²) in [6.45, 7) is 6.53. The molecule has 1 atom stereocenters. The molecule has 1 fully saturated rings. The lowest BCUT2D eigenvalue weighted by atomic mass is 9.90. The number of ether oxygens (including phenoxy) is 2. The Labute approximate surface area is 243 Å². The molecule has 0 aromatic heterocycles. The van der Waals surface area contributed by atoms with Crippen molar-refractivity contribution in [2.45, 2.75) is 83.0 Å². The fourth-order valence-corrected chi connectivity index (χ4v) is 4.71. The number of aliphatic hydroxyl groups is 1. The van der Waals surface area contributed by atoms with Crippen molar-refractivity contribution >= 4 is 11.9 Å². The van der Waals surface area contributed by atoms with Crippen molar-refractivity contribution in [3.8, 4) is 11.5 Å². The van der Waals surface area contributed by atoms with Crippen LogP contribution in [0.15, 0.2) is 36.4 Å². The van der Waals surface area contributed by atoms with Gasteiger partial charge in [-0.25, -0.2) is 9.18 Å². The number of benzene rings is 2. The first-order valence-corrected chi connectivity index (χ1v) is 13.6. The number of nitrogens with one attached hydrogen (secondary N) is 1. The highest BCUT2D eigenvalue weighted by Gasteiger charge is 2.71. The van der Waals surface area contributed by atoms with Crippen molar-refractivity contribution in [3.63, 3.8) is 0 Å². The zero-order valence-corrected chi connectivity index (χ0v) is 24.0. The molecule has 3 amide bonds. The van der Waals surface area contributed by atoms with Crippen LogP contribution in [-0.4, -0.2) is 53.6 Å². The van der Waals surface area contributed by atoms with Crippen molar-refractivity contribution in [2.75, 3.05) is 13.2 Å². The molecule has 1 aliphatic rings. The molecule has 7 nitrogen and oxygen atoms in total. The number of aryl methyl sites for hydroxylation is 1. The molecule has 3 rings (SSSR count). The summed E-state index contributed by atoms with van der Waals surface area (Å²) < 4.78 is 105. The largest absolute Gasteiger partial charge is 0.493 e. The molecule has 2 N–H and O–H groups in total. The summed E-state index contributed by atoms with van der Waals surface area (Å²) in [4.78, 5) is 26.7. The van der Waals surface area contributed by atoms with Gasteiger partial charge in [0, 0.05) is 12.1 Å². The molecular formula is C29H33F7N2O5. The number of unbranched alkanes of at least 4 members (excludes halogenated alkanes) is 1. The first-order valence-electron chi connectivity index (χ1n) is 13.6. The van der Waals surface area contributed by atoms with Gasteiger partial charge >= 0.3 is 18.4 Å². The Morgan fingerprint density at radius 1 is 0.977 bits per heavy atom. The number of hydrogen-bond acceptors (Lipinski definition) is 5. The number of alkyl halides is 6. The normalized spacial score (nSPS) is 17.9. The predicted molar refractivity (Wildman–Crippen MR) is 141 cm³/mol. The lowest BCUT2D eigenvalue weighted by molar-refractivity contribution is -0.376. The molecule has 1 aliphatic heterocycles. The number of imide groups is 1. The molecule has 0 saturated carbocycles. The summed E-state index contributed by atoms with van der Waals surface area (Å²) in [6, 6.07) is 5.41. The molecule has 1 saturated heterocycles. The minimum absolute atomic E-state index is 0.00380. The summed E-state index contributed by atoms with van der Waals surface area (Å²) in [7, 11) is 0. The van der Waals surface area contributed by atoms with E-state index < -0.39 is 46.8 Å². The van der Waals surface area contributed by atoms with Gasteiger partial charge in [-0.05, 0) is 75.4 Å². The molecule has 0 radical (unpaired) electrons. The van der Waals surface area contributed by atoms with Crippen molar-refractivity contribution in [1.29, 1.82) is 0 Å². The van der Waals surface area contributed by atoms with E-state index in [1.54, 1.807) is 20.8 Å². The van der Waals surface area contributed by atoms with E-state index in [-0.39, 0.29) is 61.1 Å². The Balaban J connectivity index is 1.64. The summed E-state index contributed by atoms with van der Waals surface area (Å²) in [5.74, 6) is -1.24. The molecule has 2 aromatic rings. The number of carbonyl (C=O) groups excluding carboxylic acids is 2. The molecule has 43 heavy (non-hydrogen) atoms. The Morgan fingerprint density at radius 2 is 1.60 bits per heavy atom. The minimum Gasteiger partial charge on any atom is -0.493 e. The molecule has 1 unspecified atom stereocenters. The van der Waals surface area contributed by atoms with Crippen molar-refractivity contribution in [3.05, 3.63) is 58.9 Å². The van der Waals surface area contributed by atoms with Crippen LogP contribution in [0, 0.1) is 5.82 Å². The van der Waals surface area contributed by atoms with Crippen molar-refractivity contribution in [2.24, 2.45) is 0 Å². The smallest absolute Gasteiger partial charge is 0.430 e. The van der Waals surface area contributed by atoms with Gasteiger partial charge in [0.1, 0.15) is 11.3 Å². The highest BCUT2D eigenvalue weighted by molar-refractivity contribution is 6.07. The van der Waals surface area contributed by atoms with Crippen LogP contribution >= 0.6 is 0 Å². The summed E-state index contributed by atoms with van der Waals surface area (Å²) in [6.07, 6.45) is -11.3. The second kappa shape index (κ2) is 12.6. The highest BCUT2D eigenvalue weighted by atomic mass is 19.4. The van der Waals surface area contributed by atoms with E-state index in [4.69, 9.17) is 9.47 Å². The number of rotatable bonds is 12. The number of nitrogens with zero attached hydrogens (tertiary/aromatic N) is 1. The fraction of sp³-hybridized carbons (Fsp3) is 0.517. The van der Waals surface area contributed by atoms with Gasteiger partial charge in [-0.3, -0.25) is 9.69 Å². The van der Waals surface area contributed by atoms with Gasteiger partial charge < -0.3 is 19.9 Å². The lowest BCUT2D eigenvalue weighted by Crippen LogP contribution is -2.53. The van der Waals surface area contributed by atoms with Crippen LogP contribution in [0.2, 0.25) is 0 Å². The number of carbonyl (C=O) groups is 2. The molecule has 238 valence electrons. The number of hydrogen-bond donors (Lipinski definition) is 2. The van der Waals surface area contributed by atoms with E-state index in [0.29, 0.717) is 18.6 Å². The molecule has 2 aromatic carbocycles. The minimum atomic E-state index is -6.01. The maximum Gasteiger partial charge on any atom is 0.430 e. The number of halogens is 7. The lowest BCUT2D eigenvalue weighted by Gasteiger charge is -2.33. The maximum atomic E-state index is 14.6. The molecule has 0 spiro atoms. The average Bonchev–Trinajstić information content (AvgIpc) is 3.12. The fourth-order valence-electron chi connectivity index (χ4n) is 4.71. The Bertz CT molecular complexity index is 1320. The summed E-state index contributed by atoms with van der Waals surface area (Å²) >= 11 is 0. The maximum absolute atomic E-state index is 14.6. The zero-order chi connectivity index (χ0) is 32.4. The van der Waals surface area contributed by atoms with Gasteiger partial charge in [-0.1, -0.05) is 25.5 Å². The number of urea groups is 1. The van der Waals surface area contributed by atoms with Gasteiger partial charge in [-0.15, -0.1) is 0 Å². The third-order valence-electron chi connectivity index (χ3n) is 7.00. The zero-order valence-electron chi connectivity index (χ0n) is 24.0. The molecule has 0 bridgehead atoms. The summed E-state index contributed by atoms with van der Waals surface area (Å²) in [5.41, 5.74) is -7.66. The SMILES string of the molecule is CCCc1cc(C(O)(C(F)(F)F)C(F)(F)F)ccc1OCCCCN1C(=O)NC(C)(c2ccc(OC(C)C)c(F)c2)C1=O. The van der Waals surface area contributed by atoms with Crippen molar-refractivity contribution < 1.29 is 54.9 Å². The van der Waals surface area contributed by atoms with E-state index >= 15 is 0 Å². The van der Waals surface area contributed by atoms with Gasteiger partial charge in [0.05, 0.1) is 12.7 Å². The highest BCUT2D eigenvalue weighted by Crippen LogP contribution is 2.50. The van der Waals surface area contributed by atoms with Gasteiger partial charge in [0.25, 0.3) is 11.5 Å². The first-order chi connectivity index (χ1) is 19.9. The van der Waals surface area contributed by atoms with Crippen LogP contribution in [0.25, 0.3) is 0 Å². The van der Waals surface area contributed by atoms with Crippen LogP contribution < -0.4 is 14.8 Å². The molecular weight excluding hydrogens is 589 g/mol. The average molecular weight is 623 g/mol.